The Labute approximate surface area is 157 Å². The molecular weight excluding hydrogens is 377 g/mol. The molecule has 0 aliphatic carbocycles. The normalized spacial score (nSPS) is 10.8. The molecule has 1 heterocycles. The van der Waals surface area contributed by atoms with E-state index < -0.39 is 29.0 Å². The molecule has 1 aromatic heterocycles. The Morgan fingerprint density at radius 1 is 1.07 bits per heavy atom. The second-order valence-corrected chi connectivity index (χ2v) is 6.66. The van der Waals surface area contributed by atoms with Crippen LogP contribution in [0.5, 0.6) is 0 Å². The van der Waals surface area contributed by atoms with E-state index in [2.05, 4.69) is 15.5 Å². The van der Waals surface area contributed by atoms with Crippen LogP contribution >= 0.6 is 11.8 Å². The van der Waals surface area contributed by atoms with Crippen LogP contribution in [-0.2, 0) is 11.8 Å². The third kappa shape index (κ3) is 4.30. The van der Waals surface area contributed by atoms with Gasteiger partial charge in [0.05, 0.1) is 5.69 Å². The number of nitrogens with zero attached hydrogens (tertiary/aromatic N) is 3. The van der Waals surface area contributed by atoms with Crippen molar-refractivity contribution in [2.45, 2.75) is 11.6 Å². The Morgan fingerprint density at radius 3 is 2.56 bits per heavy atom. The highest BCUT2D eigenvalue weighted by Crippen LogP contribution is 2.23. The molecule has 0 fully saturated rings. The highest BCUT2D eigenvalue weighted by Gasteiger charge is 2.16. The van der Waals surface area contributed by atoms with Crippen LogP contribution < -0.4 is 5.32 Å². The molecule has 1 amide bonds. The fourth-order valence-corrected chi connectivity index (χ4v) is 3.20. The summed E-state index contributed by atoms with van der Waals surface area (Å²) in [4.78, 5) is 11.9. The van der Waals surface area contributed by atoms with E-state index in [0.29, 0.717) is 16.7 Å². The van der Waals surface area contributed by atoms with Gasteiger partial charge in [0.25, 0.3) is 0 Å². The predicted octanol–water partition coefficient (Wildman–Crippen LogP) is 4.02. The molecule has 0 saturated heterocycles. The van der Waals surface area contributed by atoms with Gasteiger partial charge >= 0.3 is 0 Å². The fourth-order valence-electron chi connectivity index (χ4n) is 2.35. The number of nitrogens with one attached hydrogen (secondary N) is 1. The van der Waals surface area contributed by atoms with Gasteiger partial charge in [-0.05, 0) is 12.1 Å². The van der Waals surface area contributed by atoms with Gasteiger partial charge in [-0.25, -0.2) is 13.2 Å². The number of carbonyl (C=O) groups is 1. The van der Waals surface area contributed by atoms with E-state index in [1.807, 2.05) is 41.9 Å². The Balaban J connectivity index is 1.57. The van der Waals surface area contributed by atoms with Gasteiger partial charge in [-0.15, -0.1) is 10.2 Å². The Bertz CT molecular complexity index is 963. The summed E-state index contributed by atoms with van der Waals surface area (Å²) >= 11 is 1.31. The summed E-state index contributed by atoms with van der Waals surface area (Å²) in [6, 6.07) is 11.3. The molecule has 0 aliphatic rings. The van der Waals surface area contributed by atoms with Crippen molar-refractivity contribution in [2.75, 3.05) is 11.1 Å². The minimum absolute atomic E-state index is 0.0383. The van der Waals surface area contributed by atoms with Crippen LogP contribution in [0, 0.1) is 17.5 Å². The van der Waals surface area contributed by atoms with Crippen molar-refractivity contribution in [3.63, 3.8) is 0 Å². The number of carbonyl (C=O) groups excluding carboxylic acids is 1. The molecule has 1 N–H and O–H groups in total. The number of benzene rings is 2. The van der Waals surface area contributed by atoms with E-state index in [4.69, 9.17) is 0 Å². The average molecular weight is 392 g/mol. The van der Waals surface area contributed by atoms with E-state index in [9.17, 15) is 18.0 Å². The van der Waals surface area contributed by atoms with E-state index >= 15 is 0 Å². The third-order valence-corrected chi connectivity index (χ3v) is 4.76. The van der Waals surface area contributed by atoms with E-state index in [0.717, 1.165) is 17.7 Å². The first kappa shape index (κ1) is 19.0. The smallest absolute Gasteiger partial charge is 0.225 e. The van der Waals surface area contributed by atoms with E-state index in [1.54, 1.807) is 0 Å². The lowest BCUT2D eigenvalue weighted by molar-refractivity contribution is -0.115. The van der Waals surface area contributed by atoms with Gasteiger partial charge in [-0.2, -0.15) is 0 Å². The van der Waals surface area contributed by atoms with Crippen LogP contribution in [0.25, 0.3) is 11.4 Å². The molecule has 0 unspecified atom stereocenters. The zero-order chi connectivity index (χ0) is 19.4. The standard InChI is InChI=1S/C18H15F3N4OS/c1-25-17(11-5-3-2-4-6-11)23-24-18(25)27-10-9-14(26)22-13-8-7-12(19)15(20)16(13)21/h2-8H,9-10H2,1H3,(H,22,26). The monoisotopic (exact) mass is 392 g/mol. The second kappa shape index (κ2) is 8.26. The number of aromatic nitrogens is 3. The highest BCUT2D eigenvalue weighted by atomic mass is 32.2. The number of halogens is 3. The first-order chi connectivity index (χ1) is 13.0. The molecular formula is C18H15F3N4OS. The molecule has 0 radical (unpaired) electrons. The SMILES string of the molecule is Cn1c(SCCC(=O)Nc2ccc(F)c(F)c2F)nnc1-c1ccccc1. The van der Waals surface area contributed by atoms with Crippen molar-refractivity contribution in [1.82, 2.24) is 14.8 Å². The van der Waals surface area contributed by atoms with Crippen molar-refractivity contribution in [1.29, 1.82) is 0 Å². The molecule has 0 spiro atoms. The first-order valence-corrected chi connectivity index (χ1v) is 8.97. The molecule has 0 atom stereocenters. The minimum atomic E-state index is -1.62. The van der Waals surface area contributed by atoms with Crippen molar-refractivity contribution >= 4 is 23.4 Å². The summed E-state index contributed by atoms with van der Waals surface area (Å²) in [6.07, 6.45) is 0.0383. The first-order valence-electron chi connectivity index (χ1n) is 7.98. The van der Waals surface area contributed by atoms with Crippen molar-refractivity contribution in [3.8, 4) is 11.4 Å². The quantitative estimate of drug-likeness (QED) is 0.509. The maximum atomic E-state index is 13.6. The van der Waals surface area contributed by atoms with Crippen LogP contribution in [0.4, 0.5) is 18.9 Å². The van der Waals surface area contributed by atoms with Crippen LogP contribution in [0.2, 0.25) is 0 Å². The molecule has 9 heteroatoms. The summed E-state index contributed by atoms with van der Waals surface area (Å²) < 4.78 is 41.5. The van der Waals surface area contributed by atoms with Crippen molar-refractivity contribution < 1.29 is 18.0 Å². The summed E-state index contributed by atoms with van der Waals surface area (Å²) in [5.41, 5.74) is 0.528. The fraction of sp³-hybridized carbons (Fsp3) is 0.167. The third-order valence-electron chi connectivity index (χ3n) is 3.74. The van der Waals surface area contributed by atoms with Crippen molar-refractivity contribution in [3.05, 3.63) is 59.9 Å². The summed E-state index contributed by atoms with van der Waals surface area (Å²) in [6.45, 7) is 0. The van der Waals surface area contributed by atoms with Gasteiger partial charge in [0.2, 0.25) is 5.91 Å². The number of anilines is 1. The summed E-state index contributed by atoms with van der Waals surface area (Å²) in [7, 11) is 1.82. The zero-order valence-corrected chi connectivity index (χ0v) is 15.1. The Hall–Kier alpha value is -2.81. The molecule has 3 rings (SSSR count). The number of rotatable bonds is 6. The molecule has 27 heavy (non-hydrogen) atoms. The molecule has 2 aromatic carbocycles. The van der Waals surface area contributed by atoms with E-state index in [1.165, 1.54) is 11.8 Å². The highest BCUT2D eigenvalue weighted by molar-refractivity contribution is 7.99. The molecule has 0 bridgehead atoms. The lowest BCUT2D eigenvalue weighted by Crippen LogP contribution is -2.14. The predicted molar refractivity (Wildman–Crippen MR) is 96.7 cm³/mol. The van der Waals surface area contributed by atoms with Crippen LogP contribution in [0.1, 0.15) is 6.42 Å². The topological polar surface area (TPSA) is 59.8 Å². The minimum Gasteiger partial charge on any atom is -0.323 e. The maximum absolute atomic E-state index is 13.6. The lowest BCUT2D eigenvalue weighted by atomic mass is 10.2. The van der Waals surface area contributed by atoms with Crippen LogP contribution in [0.15, 0.2) is 47.6 Å². The molecule has 140 valence electrons. The Kier molecular flexibility index (Phi) is 5.80. The zero-order valence-electron chi connectivity index (χ0n) is 14.2. The number of hydrogen-bond acceptors (Lipinski definition) is 4. The van der Waals surface area contributed by atoms with Crippen LogP contribution in [0.3, 0.4) is 0 Å². The van der Waals surface area contributed by atoms with Crippen LogP contribution in [-0.4, -0.2) is 26.4 Å². The van der Waals surface area contributed by atoms with Gasteiger partial charge in [0.15, 0.2) is 28.4 Å². The second-order valence-electron chi connectivity index (χ2n) is 5.60. The number of thioether (sulfide) groups is 1. The van der Waals surface area contributed by atoms with E-state index in [-0.39, 0.29) is 6.42 Å². The van der Waals surface area contributed by atoms with Gasteiger partial charge in [0.1, 0.15) is 0 Å². The molecule has 5 nitrogen and oxygen atoms in total. The molecule has 3 aromatic rings. The van der Waals surface area contributed by atoms with Gasteiger partial charge < -0.3 is 9.88 Å². The molecule has 0 aliphatic heterocycles. The maximum Gasteiger partial charge on any atom is 0.225 e. The average Bonchev–Trinajstić information content (AvgIpc) is 3.03. The largest absolute Gasteiger partial charge is 0.323 e. The molecule has 0 saturated carbocycles. The summed E-state index contributed by atoms with van der Waals surface area (Å²) in [5, 5.41) is 11.1. The van der Waals surface area contributed by atoms with Gasteiger partial charge in [-0.1, -0.05) is 42.1 Å². The number of amides is 1. The number of hydrogen-bond donors (Lipinski definition) is 1. The van der Waals surface area contributed by atoms with Gasteiger partial charge in [-0.3, -0.25) is 4.79 Å². The van der Waals surface area contributed by atoms with Gasteiger partial charge in [0, 0.05) is 24.8 Å². The Morgan fingerprint density at radius 2 is 1.81 bits per heavy atom. The lowest BCUT2D eigenvalue weighted by Gasteiger charge is -2.07. The van der Waals surface area contributed by atoms with Crippen molar-refractivity contribution in [2.24, 2.45) is 7.05 Å². The summed E-state index contributed by atoms with van der Waals surface area (Å²) in [5.74, 6) is -3.80.